The smallest absolute Gasteiger partial charge is 0.293 e. The number of H-pyrrole nitrogens is 1. The van der Waals surface area contributed by atoms with E-state index >= 15 is 0 Å². The van der Waals surface area contributed by atoms with Crippen LogP contribution >= 0.6 is 0 Å². The van der Waals surface area contributed by atoms with Gasteiger partial charge in [-0.1, -0.05) is 30.3 Å². The minimum atomic E-state index is -4.66. The molecule has 1 amide bonds. The first kappa shape index (κ1) is 53.0. The maximum atomic E-state index is 14.8. The lowest BCUT2D eigenvalue weighted by molar-refractivity contribution is -0.384. The average Bonchev–Trinajstić information content (AvgIpc) is 3.89. The minimum absolute atomic E-state index is 0.0707. The second kappa shape index (κ2) is 21.1. The van der Waals surface area contributed by atoms with Crippen molar-refractivity contribution in [1.82, 2.24) is 24.5 Å². The van der Waals surface area contributed by atoms with Crippen molar-refractivity contribution in [3.8, 4) is 5.88 Å². The fraction of sp³-hybridized carbons (Fsp3) is 0.458. The molecule has 12 rings (SSSR count). The number of pyridine rings is 1. The number of nitro groups is 1. The van der Waals surface area contributed by atoms with Crippen LogP contribution in [-0.4, -0.2) is 120 Å². The standard InChI is InChI=1S/C59H67F2N9O8S/c1-37-5-3-4-6-44(37)52-35-66(34-39-7-11-46(60)47(61)27-39)24-25-68(52)42-31-59(32-42)19-22-67(23-20-59)41-8-10-45(49(29-41)69-51-28-40-15-21-62-55(40)64-57(51)78-54-16-26-77-36-53(54)69)56(71)65-79(75,76)43-9-12-48(50(30-43)70(73)74)63-33-38-13-17-58(2,72)18-14-38/h3-12,15,21,27-30,38,42,52-54,63,72H,13-14,16-20,22-26,31-36H2,1-2H3,(H,62,64)(H,65,71)/t38?,52-,53+,54+,58?/m0/s1. The Hall–Kier alpha value is -6.71. The Morgan fingerprint density at radius 3 is 2.49 bits per heavy atom. The van der Waals surface area contributed by atoms with E-state index < -0.39 is 54.7 Å². The molecule has 1 spiro atoms. The van der Waals surface area contributed by atoms with Gasteiger partial charge in [0.2, 0.25) is 5.88 Å². The van der Waals surface area contributed by atoms with Crippen molar-refractivity contribution in [2.45, 2.75) is 113 Å². The van der Waals surface area contributed by atoms with E-state index in [0.717, 1.165) is 94.0 Å². The van der Waals surface area contributed by atoms with Crippen molar-refractivity contribution in [2.24, 2.45) is 11.3 Å². The van der Waals surface area contributed by atoms with Gasteiger partial charge in [0.05, 0.1) is 45.9 Å². The molecule has 6 aliphatic rings. The number of hydrogen-bond donors (Lipinski definition) is 4. The molecule has 2 aliphatic carbocycles. The normalized spacial score (nSPS) is 24.6. The van der Waals surface area contributed by atoms with Crippen LogP contribution in [0.1, 0.15) is 97.8 Å². The number of amides is 1. The summed E-state index contributed by atoms with van der Waals surface area (Å²) in [4.78, 5) is 43.5. The second-order valence-electron chi connectivity index (χ2n) is 23.2. The summed E-state index contributed by atoms with van der Waals surface area (Å²) in [6.07, 6.45) is 8.77. The Kier molecular flexibility index (Phi) is 14.1. The molecule has 3 saturated heterocycles. The number of nitrogens with one attached hydrogen (secondary N) is 3. The zero-order chi connectivity index (χ0) is 54.8. The maximum absolute atomic E-state index is 14.8. The van der Waals surface area contributed by atoms with Gasteiger partial charge in [0.25, 0.3) is 21.6 Å². The summed E-state index contributed by atoms with van der Waals surface area (Å²) in [7, 11) is -4.66. The van der Waals surface area contributed by atoms with Gasteiger partial charge in [-0.25, -0.2) is 21.9 Å². The first-order valence-corrected chi connectivity index (χ1v) is 29.2. The van der Waals surface area contributed by atoms with Crippen LogP contribution in [0.2, 0.25) is 0 Å². The van der Waals surface area contributed by atoms with Gasteiger partial charge in [-0.3, -0.25) is 24.7 Å². The van der Waals surface area contributed by atoms with Crippen molar-refractivity contribution in [1.29, 1.82) is 0 Å². The predicted octanol–water partition coefficient (Wildman–Crippen LogP) is 9.53. The number of aryl methyl sites for hydroxylation is 1. The summed E-state index contributed by atoms with van der Waals surface area (Å²) in [6, 6.07) is 25.8. The SMILES string of the molecule is Cc1ccccc1[C@@H]1CN(Cc2ccc(F)c(F)c2)CCN1C1CC2(CCN(c3ccc(C(=O)NS(=O)(=O)c4ccc(NCC5CCC(C)(O)CC5)c([N+](=O)[O-])c4)c(N4c5cc6cc[nH]c6nc5O[C@@H]5CCOC[C@H]54)c3)CC2)C1. The van der Waals surface area contributed by atoms with E-state index in [1.54, 1.807) is 18.3 Å². The highest BCUT2D eigenvalue weighted by molar-refractivity contribution is 7.90. The molecular weight excluding hydrogens is 1030 g/mol. The third-order valence-electron chi connectivity index (χ3n) is 18.0. The molecule has 416 valence electrons. The summed E-state index contributed by atoms with van der Waals surface area (Å²) in [6.45, 7) is 9.64. The molecule has 6 heterocycles. The highest BCUT2D eigenvalue weighted by Crippen LogP contribution is 2.54. The number of fused-ring (bicyclic) bond motifs is 3. The van der Waals surface area contributed by atoms with E-state index in [9.17, 15) is 37.2 Å². The Labute approximate surface area is 458 Å². The lowest BCUT2D eigenvalue weighted by atomic mass is 9.59. The molecule has 0 unspecified atom stereocenters. The molecule has 6 aromatic rings. The van der Waals surface area contributed by atoms with Crippen LogP contribution in [0.15, 0.2) is 102 Å². The third-order valence-corrected chi connectivity index (χ3v) is 19.3. The highest BCUT2D eigenvalue weighted by Gasteiger charge is 2.50. The van der Waals surface area contributed by atoms with E-state index in [2.05, 4.69) is 60.9 Å². The zero-order valence-corrected chi connectivity index (χ0v) is 45.3. The molecule has 20 heteroatoms. The number of carbonyl (C=O) groups is 1. The number of piperidine rings is 1. The number of rotatable bonds is 13. The summed E-state index contributed by atoms with van der Waals surface area (Å²) in [5, 5.41) is 26.8. The number of aromatic amines is 1. The summed E-state index contributed by atoms with van der Waals surface area (Å²) in [5.74, 6) is -2.03. The van der Waals surface area contributed by atoms with Crippen LogP contribution in [0.25, 0.3) is 11.0 Å². The van der Waals surface area contributed by atoms with Gasteiger partial charge in [-0.15, -0.1) is 0 Å². The molecule has 2 aromatic heterocycles. The number of ether oxygens (including phenoxy) is 2. The number of nitro benzene ring substituents is 1. The van der Waals surface area contributed by atoms with Crippen LogP contribution in [0, 0.1) is 40.0 Å². The van der Waals surface area contributed by atoms with E-state index in [0.29, 0.717) is 67.9 Å². The molecule has 0 radical (unpaired) electrons. The number of aliphatic hydroxyl groups is 1. The zero-order valence-electron chi connectivity index (χ0n) is 44.5. The van der Waals surface area contributed by atoms with E-state index in [-0.39, 0.29) is 41.3 Å². The fourth-order valence-electron chi connectivity index (χ4n) is 13.4. The first-order chi connectivity index (χ1) is 38.0. The highest BCUT2D eigenvalue weighted by atomic mass is 32.2. The Bertz CT molecular complexity index is 3410. The van der Waals surface area contributed by atoms with Gasteiger partial charge in [0, 0.05) is 87.7 Å². The molecule has 0 bridgehead atoms. The number of halogens is 2. The molecule has 4 aliphatic heterocycles. The van der Waals surface area contributed by atoms with Crippen molar-refractivity contribution in [3.05, 3.63) is 141 Å². The average molecular weight is 1100 g/mol. The number of carbonyl (C=O) groups excluding carboxylic acids is 1. The number of benzene rings is 4. The Morgan fingerprint density at radius 1 is 0.924 bits per heavy atom. The van der Waals surface area contributed by atoms with E-state index in [1.807, 2.05) is 36.1 Å². The Morgan fingerprint density at radius 2 is 1.72 bits per heavy atom. The lowest BCUT2D eigenvalue weighted by Crippen LogP contribution is -2.59. The number of nitrogens with zero attached hydrogens (tertiary/aromatic N) is 6. The molecule has 3 atom stereocenters. The second-order valence-corrected chi connectivity index (χ2v) is 24.9. The molecule has 4 aromatic carbocycles. The number of sulfonamides is 1. The molecule has 4 N–H and O–H groups in total. The molecule has 2 saturated carbocycles. The van der Waals surface area contributed by atoms with Crippen LogP contribution in [0.5, 0.6) is 5.88 Å². The molecular formula is C59H67F2N9O8S. The third kappa shape index (κ3) is 10.6. The van der Waals surface area contributed by atoms with Gasteiger partial charge < -0.3 is 34.7 Å². The minimum Gasteiger partial charge on any atom is -0.470 e. The number of piperazine rings is 1. The van der Waals surface area contributed by atoms with Crippen molar-refractivity contribution < 1.29 is 41.5 Å². The number of aromatic nitrogens is 2. The lowest BCUT2D eigenvalue weighted by Gasteiger charge is -2.58. The number of hydrogen-bond acceptors (Lipinski definition) is 14. The van der Waals surface area contributed by atoms with Gasteiger partial charge in [-0.05, 0) is 148 Å². The van der Waals surface area contributed by atoms with Crippen LogP contribution < -0.4 is 24.6 Å². The van der Waals surface area contributed by atoms with Crippen molar-refractivity contribution in [2.75, 3.05) is 67.6 Å². The van der Waals surface area contributed by atoms with Crippen molar-refractivity contribution >= 4 is 55.4 Å². The van der Waals surface area contributed by atoms with Crippen LogP contribution in [-0.2, 0) is 21.3 Å². The summed E-state index contributed by atoms with van der Waals surface area (Å²) >= 11 is 0. The predicted molar refractivity (Wildman–Crippen MR) is 296 cm³/mol. The first-order valence-electron chi connectivity index (χ1n) is 27.7. The topological polar surface area (TPSA) is 199 Å². The summed E-state index contributed by atoms with van der Waals surface area (Å²) in [5.41, 5.74) is 5.02. The largest absolute Gasteiger partial charge is 0.470 e. The van der Waals surface area contributed by atoms with E-state index in [1.165, 1.54) is 35.4 Å². The van der Waals surface area contributed by atoms with Crippen LogP contribution in [0.3, 0.4) is 0 Å². The van der Waals surface area contributed by atoms with Gasteiger partial charge >= 0.3 is 0 Å². The Balaban J connectivity index is 0.796. The summed E-state index contributed by atoms with van der Waals surface area (Å²) < 4.78 is 71.5. The monoisotopic (exact) mass is 1100 g/mol. The van der Waals surface area contributed by atoms with Gasteiger partial charge in [-0.2, -0.15) is 4.98 Å². The quantitative estimate of drug-likeness (QED) is 0.0630. The van der Waals surface area contributed by atoms with Gasteiger partial charge in [0.15, 0.2) is 11.6 Å². The van der Waals surface area contributed by atoms with Gasteiger partial charge in [0.1, 0.15) is 23.1 Å². The fourth-order valence-corrected chi connectivity index (χ4v) is 14.4. The molecule has 79 heavy (non-hydrogen) atoms. The molecule has 5 fully saturated rings. The molecule has 17 nitrogen and oxygen atoms in total. The van der Waals surface area contributed by atoms with Crippen molar-refractivity contribution in [3.63, 3.8) is 0 Å². The van der Waals surface area contributed by atoms with E-state index in [4.69, 9.17) is 14.5 Å². The number of anilines is 4. The van der Waals surface area contributed by atoms with Crippen LogP contribution in [0.4, 0.5) is 37.2 Å². The maximum Gasteiger partial charge on any atom is 0.293 e.